The Morgan fingerprint density at radius 2 is 1.62 bits per heavy atom. The van der Waals surface area contributed by atoms with Gasteiger partial charge in [0.15, 0.2) is 0 Å². The zero-order chi connectivity index (χ0) is 10.8. The van der Waals surface area contributed by atoms with Crippen LogP contribution >= 0.6 is 0 Å². The van der Waals surface area contributed by atoms with Crippen LogP contribution in [-0.4, -0.2) is 53.2 Å². The maximum atomic E-state index is 5.88. The summed E-state index contributed by atoms with van der Waals surface area (Å²) in [6, 6.07) is 1.88. The zero-order valence-corrected chi connectivity index (χ0v) is 10.1. The lowest BCUT2D eigenvalue weighted by Crippen LogP contribution is -2.61. The number of hydrogen-bond donors (Lipinski definition) is 0. The van der Waals surface area contributed by atoms with Crippen molar-refractivity contribution < 1.29 is 17.7 Å². The molecule has 0 saturated carbocycles. The minimum absolute atomic E-state index is 0.664. The molecule has 1 aromatic rings. The second-order valence-corrected chi connectivity index (χ2v) is 6.51. The predicted molar refractivity (Wildman–Crippen MR) is 58.4 cm³/mol. The molecule has 3 saturated heterocycles. The van der Waals surface area contributed by atoms with E-state index in [0.29, 0.717) is 19.8 Å². The van der Waals surface area contributed by atoms with Crippen LogP contribution in [0.15, 0.2) is 23.0 Å². The van der Waals surface area contributed by atoms with Crippen LogP contribution in [0.1, 0.15) is 0 Å². The predicted octanol–water partition coefficient (Wildman–Crippen LogP) is -0.195. The highest BCUT2D eigenvalue weighted by Crippen LogP contribution is 2.16. The Labute approximate surface area is 95.3 Å². The van der Waals surface area contributed by atoms with Gasteiger partial charge in [-0.2, -0.15) is 0 Å². The van der Waals surface area contributed by atoms with Gasteiger partial charge in [0.05, 0.1) is 37.5 Å². The van der Waals surface area contributed by atoms with Crippen LogP contribution in [0.4, 0.5) is 0 Å². The number of nitrogens with zero attached hydrogens (tertiary/aromatic N) is 1. The van der Waals surface area contributed by atoms with E-state index in [1.807, 2.05) is 6.07 Å². The molecular formula is C10H15NO4Si. The lowest BCUT2D eigenvalue weighted by Gasteiger charge is -2.37. The molecule has 0 spiro atoms. The van der Waals surface area contributed by atoms with Gasteiger partial charge in [0, 0.05) is 19.6 Å². The maximum absolute atomic E-state index is 5.88. The molecule has 0 aromatic carbocycles. The van der Waals surface area contributed by atoms with Gasteiger partial charge in [-0.3, -0.25) is 4.90 Å². The highest BCUT2D eigenvalue weighted by atomic mass is 28.4. The van der Waals surface area contributed by atoms with Crippen molar-refractivity contribution in [1.29, 1.82) is 0 Å². The first-order valence-corrected chi connectivity index (χ1v) is 7.28. The Balaban J connectivity index is 1.90. The SMILES string of the molecule is c1cc([Si]23OCCN(CCO2)CCO3)co1. The van der Waals surface area contributed by atoms with Crippen molar-refractivity contribution in [2.75, 3.05) is 39.5 Å². The quantitative estimate of drug-likeness (QED) is 0.637. The largest absolute Gasteiger partial charge is 0.540 e. The fourth-order valence-corrected chi connectivity index (χ4v) is 4.39. The van der Waals surface area contributed by atoms with Gasteiger partial charge in [0.1, 0.15) is 0 Å². The molecule has 0 amide bonds. The van der Waals surface area contributed by atoms with Crippen molar-refractivity contribution >= 4 is 14.0 Å². The summed E-state index contributed by atoms with van der Waals surface area (Å²) in [4.78, 5) is 2.30. The summed E-state index contributed by atoms with van der Waals surface area (Å²) in [6.45, 7) is 4.87. The highest BCUT2D eigenvalue weighted by molar-refractivity contribution is 6.75. The van der Waals surface area contributed by atoms with E-state index in [-0.39, 0.29) is 0 Å². The van der Waals surface area contributed by atoms with E-state index in [1.165, 1.54) is 0 Å². The van der Waals surface area contributed by atoms with Crippen LogP contribution in [0.5, 0.6) is 0 Å². The summed E-state index contributed by atoms with van der Waals surface area (Å²) < 4.78 is 22.7. The van der Waals surface area contributed by atoms with E-state index in [0.717, 1.165) is 24.8 Å². The second-order valence-electron chi connectivity index (χ2n) is 3.96. The van der Waals surface area contributed by atoms with E-state index in [9.17, 15) is 0 Å². The zero-order valence-electron chi connectivity index (χ0n) is 9.05. The van der Waals surface area contributed by atoms with Gasteiger partial charge in [0.25, 0.3) is 0 Å². The van der Waals surface area contributed by atoms with Crippen LogP contribution in [0.3, 0.4) is 0 Å². The van der Waals surface area contributed by atoms with Crippen molar-refractivity contribution in [3.05, 3.63) is 18.6 Å². The molecule has 3 aliphatic heterocycles. The van der Waals surface area contributed by atoms with Crippen LogP contribution in [0.25, 0.3) is 0 Å². The molecule has 3 aliphatic rings. The van der Waals surface area contributed by atoms with Gasteiger partial charge in [-0.1, -0.05) is 0 Å². The number of fused-ring (bicyclic) bond motifs is 6. The molecule has 6 heteroatoms. The molecule has 3 fully saturated rings. The number of rotatable bonds is 1. The Morgan fingerprint density at radius 3 is 2.12 bits per heavy atom. The molecule has 1 aromatic heterocycles. The molecule has 88 valence electrons. The molecular weight excluding hydrogens is 226 g/mol. The molecule has 0 N–H and O–H groups in total. The number of furan rings is 1. The summed E-state index contributed by atoms with van der Waals surface area (Å²) in [6.07, 6.45) is 3.31. The lowest BCUT2D eigenvalue weighted by molar-refractivity contribution is 0.00135. The molecule has 2 bridgehead atoms. The van der Waals surface area contributed by atoms with Crippen LogP contribution in [-0.2, 0) is 13.3 Å². The first-order valence-electron chi connectivity index (χ1n) is 5.56. The molecule has 0 atom stereocenters. The molecule has 4 rings (SSSR count). The Hall–Kier alpha value is -0.663. The van der Waals surface area contributed by atoms with Crippen molar-refractivity contribution in [3.63, 3.8) is 0 Å². The van der Waals surface area contributed by atoms with Crippen molar-refractivity contribution in [1.82, 2.24) is 4.90 Å². The Morgan fingerprint density at radius 1 is 1.00 bits per heavy atom. The monoisotopic (exact) mass is 241 g/mol. The summed E-state index contributed by atoms with van der Waals surface area (Å²) >= 11 is 0. The summed E-state index contributed by atoms with van der Waals surface area (Å²) in [5, 5.41) is 0.933. The molecule has 0 unspecified atom stereocenters. The van der Waals surface area contributed by atoms with Crippen molar-refractivity contribution in [2.24, 2.45) is 0 Å². The van der Waals surface area contributed by atoms with Crippen molar-refractivity contribution in [3.8, 4) is 0 Å². The van der Waals surface area contributed by atoms with E-state index in [1.54, 1.807) is 12.5 Å². The van der Waals surface area contributed by atoms with Gasteiger partial charge in [-0.05, 0) is 6.07 Å². The summed E-state index contributed by atoms with van der Waals surface area (Å²) in [5.41, 5.74) is 0. The van der Waals surface area contributed by atoms with Crippen LogP contribution in [0, 0.1) is 0 Å². The Bertz CT molecular complexity index is 316. The maximum Gasteiger partial charge on any atom is 0.540 e. The van der Waals surface area contributed by atoms with Crippen LogP contribution < -0.4 is 5.19 Å². The average Bonchev–Trinajstić information content (AvgIpc) is 2.68. The third-order valence-electron chi connectivity index (χ3n) is 2.97. The van der Waals surface area contributed by atoms with Crippen molar-refractivity contribution in [2.45, 2.75) is 0 Å². The fraction of sp³-hybridized carbons (Fsp3) is 0.600. The highest BCUT2D eigenvalue weighted by Gasteiger charge is 2.47. The Kier molecular flexibility index (Phi) is 2.82. The fourth-order valence-electron chi connectivity index (χ4n) is 2.08. The first kappa shape index (κ1) is 10.5. The molecule has 0 aliphatic carbocycles. The van der Waals surface area contributed by atoms with E-state index >= 15 is 0 Å². The summed E-state index contributed by atoms with van der Waals surface area (Å²) in [7, 11) is -2.67. The molecule has 16 heavy (non-hydrogen) atoms. The van der Waals surface area contributed by atoms with Gasteiger partial charge in [-0.15, -0.1) is 0 Å². The van der Waals surface area contributed by atoms with Gasteiger partial charge in [0.2, 0.25) is 0 Å². The third kappa shape index (κ3) is 1.83. The number of hydrogen-bond acceptors (Lipinski definition) is 5. The van der Waals surface area contributed by atoms with E-state index < -0.39 is 8.80 Å². The van der Waals surface area contributed by atoms with E-state index in [4.69, 9.17) is 17.7 Å². The second kappa shape index (κ2) is 4.31. The molecule has 5 nitrogen and oxygen atoms in total. The topological polar surface area (TPSA) is 44.1 Å². The normalized spacial score (nSPS) is 35.4. The average molecular weight is 241 g/mol. The molecule has 4 heterocycles. The van der Waals surface area contributed by atoms with Gasteiger partial charge >= 0.3 is 8.80 Å². The lowest BCUT2D eigenvalue weighted by atomic mass is 10.4. The van der Waals surface area contributed by atoms with Gasteiger partial charge in [-0.25, -0.2) is 0 Å². The standard InChI is InChI=1S/C10H15NO4Si/c1-5-12-9-10(1)16-13-6-2-11(3-7-14-16)4-8-15-16/h1,5,9H,2-4,6-8H2. The smallest absolute Gasteiger partial charge is 0.472 e. The van der Waals surface area contributed by atoms with E-state index in [2.05, 4.69) is 4.90 Å². The third-order valence-corrected chi connectivity index (χ3v) is 5.72. The van der Waals surface area contributed by atoms with Crippen LogP contribution in [0.2, 0.25) is 0 Å². The minimum Gasteiger partial charge on any atom is -0.472 e. The van der Waals surface area contributed by atoms with Gasteiger partial charge < -0.3 is 17.7 Å². The first-order chi connectivity index (χ1) is 7.89. The molecule has 0 radical (unpaired) electrons. The minimum atomic E-state index is -2.67. The summed E-state index contributed by atoms with van der Waals surface area (Å²) in [5.74, 6) is 0.